The van der Waals surface area contributed by atoms with Crippen LogP contribution >= 0.6 is 11.3 Å². The molecule has 0 amide bonds. The van der Waals surface area contributed by atoms with Crippen LogP contribution in [0.1, 0.15) is 19.3 Å². The van der Waals surface area contributed by atoms with Crippen LogP contribution in [0.5, 0.6) is 0 Å². The highest BCUT2D eigenvalue weighted by atomic mass is 32.1. The third-order valence-corrected chi connectivity index (χ3v) is 6.39. The van der Waals surface area contributed by atoms with Gasteiger partial charge in [0.25, 0.3) is 0 Å². The van der Waals surface area contributed by atoms with E-state index in [9.17, 15) is 0 Å². The van der Waals surface area contributed by atoms with Crippen LogP contribution < -0.4 is 4.90 Å². The van der Waals surface area contributed by atoms with Gasteiger partial charge in [0.1, 0.15) is 10.3 Å². The Morgan fingerprint density at radius 2 is 2.19 bits per heavy atom. The van der Waals surface area contributed by atoms with Crippen LogP contribution in [0.15, 0.2) is 30.6 Å². The zero-order valence-corrected chi connectivity index (χ0v) is 12.7. The summed E-state index contributed by atoms with van der Waals surface area (Å²) in [4.78, 5) is 15.4. The molecule has 4 nitrogen and oxygen atoms in total. The number of thiazole rings is 1. The summed E-state index contributed by atoms with van der Waals surface area (Å²) in [5.41, 5.74) is 1.28. The van der Waals surface area contributed by atoms with Gasteiger partial charge in [-0.15, -0.1) is 0 Å². The molecule has 21 heavy (non-hydrogen) atoms. The van der Waals surface area contributed by atoms with Crippen molar-refractivity contribution in [3.8, 4) is 0 Å². The van der Waals surface area contributed by atoms with Gasteiger partial charge in [-0.1, -0.05) is 17.4 Å². The van der Waals surface area contributed by atoms with Crippen molar-refractivity contribution in [2.45, 2.75) is 24.8 Å². The largest absolute Gasteiger partial charge is 0.317 e. The first-order valence-corrected chi connectivity index (χ1v) is 8.57. The summed E-state index contributed by atoms with van der Waals surface area (Å²) in [6.45, 7) is 3.75. The molecular formula is C16H18N4S. The fourth-order valence-electron chi connectivity index (χ4n) is 4.37. The van der Waals surface area contributed by atoms with E-state index < -0.39 is 0 Å². The second kappa shape index (κ2) is 4.27. The van der Waals surface area contributed by atoms with Crippen LogP contribution in [0, 0.1) is 5.92 Å². The molecule has 0 unspecified atom stereocenters. The lowest BCUT2D eigenvalue weighted by molar-refractivity contribution is 0.0335. The molecule has 0 aliphatic carbocycles. The van der Waals surface area contributed by atoms with Gasteiger partial charge in [-0.2, -0.15) is 0 Å². The van der Waals surface area contributed by atoms with E-state index in [4.69, 9.17) is 4.98 Å². The van der Waals surface area contributed by atoms with Crippen molar-refractivity contribution in [2.75, 3.05) is 24.5 Å². The summed E-state index contributed by atoms with van der Waals surface area (Å²) in [7, 11) is 0. The Kier molecular flexibility index (Phi) is 2.47. The van der Waals surface area contributed by atoms with Crippen LogP contribution in [0.25, 0.3) is 10.3 Å². The minimum absolute atomic E-state index is 0.254. The molecule has 6 heterocycles. The van der Waals surface area contributed by atoms with E-state index in [1.54, 1.807) is 11.3 Å². The van der Waals surface area contributed by atoms with E-state index in [2.05, 4.69) is 33.1 Å². The molecule has 3 fully saturated rings. The minimum atomic E-state index is 0.254. The van der Waals surface area contributed by atoms with Crippen molar-refractivity contribution < 1.29 is 0 Å². The molecule has 2 aromatic heterocycles. The summed E-state index contributed by atoms with van der Waals surface area (Å²) in [6, 6.07) is 4.03. The maximum atomic E-state index is 4.84. The third kappa shape index (κ3) is 1.64. The first-order chi connectivity index (χ1) is 10.4. The fraction of sp³-hybridized carbons (Fsp3) is 0.500. The van der Waals surface area contributed by atoms with Crippen molar-refractivity contribution in [3.05, 3.63) is 30.6 Å². The highest BCUT2D eigenvalue weighted by Crippen LogP contribution is 2.47. The standard InChI is InChI=1S/C16H18N4S/c1-3-13-14(17-7-1)21-15(18-13)20-8-2-6-16(20)11-19-9-4-12(16)5-10-19/h1-3,7-8,12H,4-6,9-11H2/t16-/m0/s1. The number of pyridine rings is 1. The van der Waals surface area contributed by atoms with Gasteiger partial charge in [0.15, 0.2) is 5.13 Å². The highest BCUT2D eigenvalue weighted by molar-refractivity contribution is 7.21. The maximum Gasteiger partial charge on any atom is 0.192 e. The number of hydrogen-bond acceptors (Lipinski definition) is 5. The molecule has 2 bridgehead atoms. The van der Waals surface area contributed by atoms with Crippen molar-refractivity contribution in [1.29, 1.82) is 0 Å². The lowest BCUT2D eigenvalue weighted by Gasteiger charge is -2.55. The van der Waals surface area contributed by atoms with Gasteiger partial charge in [0.05, 0.1) is 5.54 Å². The summed E-state index contributed by atoms with van der Waals surface area (Å²) < 4.78 is 0. The van der Waals surface area contributed by atoms with Crippen LogP contribution in [-0.2, 0) is 0 Å². The Bertz CT molecular complexity index is 683. The van der Waals surface area contributed by atoms with E-state index in [0.29, 0.717) is 0 Å². The van der Waals surface area contributed by atoms with Crippen LogP contribution in [0.4, 0.5) is 5.13 Å². The minimum Gasteiger partial charge on any atom is -0.317 e. The molecule has 2 aromatic rings. The van der Waals surface area contributed by atoms with Gasteiger partial charge < -0.3 is 9.80 Å². The van der Waals surface area contributed by atoms with Gasteiger partial charge in [-0.05, 0) is 50.4 Å². The van der Waals surface area contributed by atoms with E-state index in [0.717, 1.165) is 27.8 Å². The fourth-order valence-corrected chi connectivity index (χ4v) is 5.36. The molecule has 0 saturated carbocycles. The van der Waals surface area contributed by atoms with Gasteiger partial charge in [-0.3, -0.25) is 0 Å². The highest BCUT2D eigenvalue weighted by Gasteiger charge is 2.51. The normalized spacial score (nSPS) is 34.4. The number of rotatable bonds is 1. The van der Waals surface area contributed by atoms with Crippen molar-refractivity contribution in [1.82, 2.24) is 14.9 Å². The molecule has 3 saturated heterocycles. The van der Waals surface area contributed by atoms with E-state index in [1.807, 2.05) is 12.3 Å². The number of piperidine rings is 3. The Balaban J connectivity index is 1.59. The van der Waals surface area contributed by atoms with Crippen LogP contribution in [0.3, 0.4) is 0 Å². The van der Waals surface area contributed by atoms with E-state index in [-0.39, 0.29) is 5.54 Å². The van der Waals surface area contributed by atoms with Gasteiger partial charge in [-0.25, -0.2) is 9.97 Å². The van der Waals surface area contributed by atoms with Crippen molar-refractivity contribution in [3.63, 3.8) is 0 Å². The number of fused-ring (bicyclic) bond motifs is 3. The Hall–Kier alpha value is -1.46. The molecule has 0 N–H and O–H groups in total. The zero-order chi connectivity index (χ0) is 13.9. The quantitative estimate of drug-likeness (QED) is 0.810. The van der Waals surface area contributed by atoms with Gasteiger partial charge >= 0.3 is 0 Å². The molecule has 1 atom stereocenters. The predicted octanol–water partition coefficient (Wildman–Crippen LogP) is 2.88. The SMILES string of the molecule is C1=CN(c2nc3cccnc3s2)[C@@]2(C1)CN1CCC2CC1. The number of nitrogens with zero attached hydrogens (tertiary/aromatic N) is 4. The molecule has 5 heteroatoms. The van der Waals surface area contributed by atoms with Gasteiger partial charge in [0.2, 0.25) is 0 Å². The van der Waals surface area contributed by atoms with E-state index in [1.165, 1.54) is 32.5 Å². The number of anilines is 1. The molecule has 4 aliphatic rings. The second-order valence-electron chi connectivity index (χ2n) is 6.44. The van der Waals surface area contributed by atoms with Crippen molar-refractivity contribution >= 4 is 26.8 Å². The average molecular weight is 298 g/mol. The lowest BCUT2D eigenvalue weighted by atomic mass is 9.71. The Morgan fingerprint density at radius 1 is 1.29 bits per heavy atom. The lowest BCUT2D eigenvalue weighted by Crippen LogP contribution is -2.64. The van der Waals surface area contributed by atoms with Gasteiger partial charge in [0, 0.05) is 18.9 Å². The zero-order valence-electron chi connectivity index (χ0n) is 11.9. The number of hydrogen-bond donors (Lipinski definition) is 0. The predicted molar refractivity (Wildman–Crippen MR) is 85.5 cm³/mol. The summed E-state index contributed by atoms with van der Waals surface area (Å²) in [5, 5.41) is 1.12. The molecular weight excluding hydrogens is 280 g/mol. The molecule has 108 valence electrons. The first kappa shape index (κ1) is 12.1. The molecule has 1 spiro atoms. The van der Waals surface area contributed by atoms with Crippen LogP contribution in [-0.4, -0.2) is 40.0 Å². The third-order valence-electron chi connectivity index (χ3n) is 5.41. The maximum absolute atomic E-state index is 4.84. The summed E-state index contributed by atoms with van der Waals surface area (Å²) in [5.74, 6) is 0.803. The van der Waals surface area contributed by atoms with Crippen molar-refractivity contribution in [2.24, 2.45) is 5.92 Å². The van der Waals surface area contributed by atoms with E-state index >= 15 is 0 Å². The Morgan fingerprint density at radius 3 is 2.95 bits per heavy atom. The average Bonchev–Trinajstić information content (AvgIpc) is 3.12. The Labute approximate surface area is 128 Å². The monoisotopic (exact) mass is 298 g/mol. The summed E-state index contributed by atoms with van der Waals surface area (Å²) >= 11 is 1.72. The topological polar surface area (TPSA) is 32.3 Å². The smallest absolute Gasteiger partial charge is 0.192 e. The molecule has 6 rings (SSSR count). The second-order valence-corrected chi connectivity index (χ2v) is 7.39. The van der Waals surface area contributed by atoms with Crippen LogP contribution in [0.2, 0.25) is 0 Å². The molecule has 0 aromatic carbocycles. The number of aromatic nitrogens is 2. The first-order valence-electron chi connectivity index (χ1n) is 7.75. The summed E-state index contributed by atoms with van der Waals surface area (Å²) in [6.07, 6.45) is 10.3. The molecule has 4 aliphatic heterocycles. The molecule has 0 radical (unpaired) electrons.